The fourth-order valence-electron chi connectivity index (χ4n) is 1.57. The van der Waals surface area contributed by atoms with Crippen molar-refractivity contribution in [1.82, 2.24) is 4.98 Å². The van der Waals surface area contributed by atoms with Crippen LogP contribution in [-0.4, -0.2) is 10.1 Å². The Balaban J connectivity index is 2.09. The summed E-state index contributed by atoms with van der Waals surface area (Å²) in [7, 11) is 0. The Bertz CT molecular complexity index is 456. The van der Waals surface area contributed by atoms with Gasteiger partial charge in [0, 0.05) is 17.1 Å². The maximum Gasteiger partial charge on any atom is 0.140 e. The Morgan fingerprint density at radius 1 is 1.41 bits per heavy atom. The highest BCUT2D eigenvalue weighted by Crippen LogP contribution is 2.27. The fourth-order valence-corrected chi connectivity index (χ4v) is 2.10. The second-order valence-electron chi connectivity index (χ2n) is 3.68. The predicted octanol–water partition coefficient (Wildman–Crippen LogP) is 3.17. The van der Waals surface area contributed by atoms with Crippen LogP contribution in [-0.2, 0) is 6.61 Å². The second kappa shape index (κ2) is 5.80. The third-order valence-electron chi connectivity index (χ3n) is 2.50. The number of benzene rings is 1. The summed E-state index contributed by atoms with van der Waals surface area (Å²) in [5.74, 6) is 0.733. The average molecular weight is 249 g/mol. The van der Waals surface area contributed by atoms with Crippen LogP contribution in [0.2, 0.25) is 0 Å². The summed E-state index contributed by atoms with van der Waals surface area (Å²) in [6, 6.07) is 7.58. The highest BCUT2D eigenvalue weighted by Gasteiger charge is 2.11. The normalized spacial score (nSPS) is 12.4. The van der Waals surface area contributed by atoms with Gasteiger partial charge < -0.3 is 9.84 Å². The quantitative estimate of drug-likeness (QED) is 0.885. The molecular formula is C13H15NO2S. The summed E-state index contributed by atoms with van der Waals surface area (Å²) in [6.45, 7) is 2.40. The van der Waals surface area contributed by atoms with Crippen molar-refractivity contribution >= 4 is 11.3 Å². The fraction of sp³-hybridized carbons (Fsp3) is 0.308. The Kier molecular flexibility index (Phi) is 4.12. The molecule has 0 fully saturated rings. The Morgan fingerprint density at radius 2 is 2.24 bits per heavy atom. The molecule has 0 bridgehead atoms. The molecule has 0 aliphatic heterocycles. The zero-order valence-electron chi connectivity index (χ0n) is 9.67. The van der Waals surface area contributed by atoms with Gasteiger partial charge in [0.1, 0.15) is 17.4 Å². The van der Waals surface area contributed by atoms with Crippen LogP contribution in [0.4, 0.5) is 0 Å². The van der Waals surface area contributed by atoms with Gasteiger partial charge in [-0.1, -0.05) is 25.1 Å². The Labute approximate surface area is 105 Å². The van der Waals surface area contributed by atoms with Crippen molar-refractivity contribution in [1.29, 1.82) is 0 Å². The molecule has 90 valence electrons. The van der Waals surface area contributed by atoms with Gasteiger partial charge in [-0.2, -0.15) is 0 Å². The molecule has 1 N–H and O–H groups in total. The molecule has 4 heteroatoms. The molecule has 0 spiro atoms. The summed E-state index contributed by atoms with van der Waals surface area (Å²) in [5, 5.41) is 12.7. The molecule has 3 nitrogen and oxygen atoms in total. The molecule has 1 heterocycles. The lowest BCUT2D eigenvalue weighted by atomic mass is 10.1. The molecule has 2 aromatic rings. The van der Waals surface area contributed by atoms with E-state index in [-0.39, 0.29) is 0 Å². The molecule has 1 atom stereocenters. The molecular weight excluding hydrogens is 234 g/mol. The van der Waals surface area contributed by atoms with Gasteiger partial charge in [-0.3, -0.25) is 0 Å². The summed E-state index contributed by atoms with van der Waals surface area (Å²) >= 11 is 1.56. The SMILES string of the molecule is CC[C@H](O)c1ccccc1OCc1nccs1. The van der Waals surface area contributed by atoms with Gasteiger partial charge in [0.15, 0.2) is 0 Å². The lowest BCUT2D eigenvalue weighted by Crippen LogP contribution is -2.02. The number of aliphatic hydroxyl groups excluding tert-OH is 1. The highest BCUT2D eigenvalue weighted by atomic mass is 32.1. The molecule has 1 aromatic heterocycles. The minimum Gasteiger partial charge on any atom is -0.486 e. The van der Waals surface area contributed by atoms with Gasteiger partial charge in [0.05, 0.1) is 6.10 Å². The number of aromatic nitrogens is 1. The van der Waals surface area contributed by atoms with Crippen molar-refractivity contribution in [2.45, 2.75) is 26.1 Å². The van der Waals surface area contributed by atoms with Gasteiger partial charge in [-0.05, 0) is 12.5 Å². The molecule has 0 saturated carbocycles. The molecule has 2 rings (SSSR count). The summed E-state index contributed by atoms with van der Waals surface area (Å²) in [5.41, 5.74) is 0.839. The summed E-state index contributed by atoms with van der Waals surface area (Å²) in [6.07, 6.45) is 1.97. The lowest BCUT2D eigenvalue weighted by molar-refractivity contribution is 0.166. The van der Waals surface area contributed by atoms with Gasteiger partial charge >= 0.3 is 0 Å². The van der Waals surface area contributed by atoms with E-state index in [1.807, 2.05) is 36.6 Å². The van der Waals surface area contributed by atoms with E-state index >= 15 is 0 Å². The number of thiazole rings is 1. The first-order valence-corrected chi connectivity index (χ1v) is 6.47. The zero-order chi connectivity index (χ0) is 12.1. The molecule has 0 saturated heterocycles. The van der Waals surface area contributed by atoms with E-state index in [9.17, 15) is 5.11 Å². The third kappa shape index (κ3) is 3.05. The van der Waals surface area contributed by atoms with Crippen LogP contribution in [0.3, 0.4) is 0 Å². The van der Waals surface area contributed by atoms with E-state index in [1.54, 1.807) is 17.5 Å². The van der Waals surface area contributed by atoms with E-state index in [2.05, 4.69) is 4.98 Å². The second-order valence-corrected chi connectivity index (χ2v) is 4.66. The van der Waals surface area contributed by atoms with Gasteiger partial charge in [-0.15, -0.1) is 11.3 Å². The van der Waals surface area contributed by atoms with Crippen molar-refractivity contribution in [3.63, 3.8) is 0 Å². The van der Waals surface area contributed by atoms with E-state index in [0.29, 0.717) is 13.0 Å². The topological polar surface area (TPSA) is 42.4 Å². The molecule has 0 unspecified atom stereocenters. The number of hydrogen-bond acceptors (Lipinski definition) is 4. The number of nitrogens with zero attached hydrogens (tertiary/aromatic N) is 1. The summed E-state index contributed by atoms with van der Waals surface area (Å²) < 4.78 is 5.69. The molecule has 17 heavy (non-hydrogen) atoms. The number of ether oxygens (including phenoxy) is 1. The van der Waals surface area contributed by atoms with Crippen LogP contribution in [0.25, 0.3) is 0 Å². The van der Waals surface area contributed by atoms with Crippen LogP contribution >= 0.6 is 11.3 Å². The monoisotopic (exact) mass is 249 g/mol. The largest absolute Gasteiger partial charge is 0.486 e. The van der Waals surface area contributed by atoms with Crippen molar-refractivity contribution < 1.29 is 9.84 Å². The van der Waals surface area contributed by atoms with Gasteiger partial charge in [0.2, 0.25) is 0 Å². The predicted molar refractivity (Wildman–Crippen MR) is 68.1 cm³/mol. The number of para-hydroxylation sites is 1. The first-order chi connectivity index (χ1) is 8.31. The summed E-state index contributed by atoms with van der Waals surface area (Å²) in [4.78, 5) is 4.16. The highest BCUT2D eigenvalue weighted by molar-refractivity contribution is 7.09. The Morgan fingerprint density at radius 3 is 2.94 bits per heavy atom. The van der Waals surface area contributed by atoms with Crippen molar-refractivity contribution in [2.75, 3.05) is 0 Å². The van der Waals surface area contributed by atoms with E-state index in [0.717, 1.165) is 16.3 Å². The maximum absolute atomic E-state index is 9.87. The van der Waals surface area contributed by atoms with Gasteiger partial charge in [-0.25, -0.2) is 4.98 Å². The third-order valence-corrected chi connectivity index (χ3v) is 3.25. The van der Waals surface area contributed by atoms with Crippen LogP contribution in [0.15, 0.2) is 35.8 Å². The Hall–Kier alpha value is -1.39. The minimum atomic E-state index is -0.470. The average Bonchev–Trinajstić information content (AvgIpc) is 2.89. The van der Waals surface area contributed by atoms with Crippen molar-refractivity contribution in [2.24, 2.45) is 0 Å². The first kappa shape index (κ1) is 12.1. The lowest BCUT2D eigenvalue weighted by Gasteiger charge is -2.14. The van der Waals surface area contributed by atoms with Crippen LogP contribution < -0.4 is 4.74 Å². The standard InChI is InChI=1S/C13H15NO2S/c1-2-11(15)10-5-3-4-6-12(10)16-9-13-14-7-8-17-13/h3-8,11,15H,2,9H2,1H3/t11-/m0/s1. The maximum atomic E-state index is 9.87. The molecule has 0 radical (unpaired) electrons. The van der Waals surface area contributed by atoms with Gasteiger partial charge in [0.25, 0.3) is 0 Å². The smallest absolute Gasteiger partial charge is 0.140 e. The molecule has 0 amide bonds. The van der Waals surface area contributed by atoms with Crippen molar-refractivity contribution in [3.05, 3.63) is 46.4 Å². The number of aliphatic hydroxyl groups is 1. The van der Waals surface area contributed by atoms with Crippen LogP contribution in [0, 0.1) is 0 Å². The van der Waals surface area contributed by atoms with E-state index in [4.69, 9.17) is 4.74 Å². The van der Waals surface area contributed by atoms with Crippen LogP contribution in [0.5, 0.6) is 5.75 Å². The molecule has 1 aromatic carbocycles. The number of rotatable bonds is 5. The molecule has 0 aliphatic rings. The van der Waals surface area contributed by atoms with E-state index < -0.39 is 6.10 Å². The van der Waals surface area contributed by atoms with Crippen LogP contribution in [0.1, 0.15) is 30.0 Å². The molecule has 0 aliphatic carbocycles. The first-order valence-electron chi connectivity index (χ1n) is 5.59. The number of hydrogen-bond donors (Lipinski definition) is 1. The zero-order valence-corrected chi connectivity index (χ0v) is 10.5. The van der Waals surface area contributed by atoms with E-state index in [1.165, 1.54) is 0 Å². The van der Waals surface area contributed by atoms with Crippen molar-refractivity contribution in [3.8, 4) is 5.75 Å². The minimum absolute atomic E-state index is 0.450.